The van der Waals surface area contributed by atoms with Crippen LogP contribution < -0.4 is 0 Å². The lowest BCUT2D eigenvalue weighted by Crippen LogP contribution is -2.34. The maximum absolute atomic E-state index is 4.20. The first-order valence-electron chi connectivity index (χ1n) is 6.87. The van der Waals surface area contributed by atoms with Crippen molar-refractivity contribution < 1.29 is 0 Å². The Kier molecular flexibility index (Phi) is 3.83. The van der Waals surface area contributed by atoms with Gasteiger partial charge in [-0.2, -0.15) is 5.10 Å². The molecule has 1 unspecified atom stereocenters. The van der Waals surface area contributed by atoms with E-state index in [9.17, 15) is 0 Å². The number of aromatic nitrogens is 4. The quantitative estimate of drug-likeness (QED) is 0.812. The number of likely N-dealkylation sites (tertiary alicyclic amines) is 1. The molecule has 0 N–H and O–H groups in total. The van der Waals surface area contributed by atoms with Crippen molar-refractivity contribution in [1.82, 2.24) is 24.6 Å². The van der Waals surface area contributed by atoms with Crippen LogP contribution in [0.5, 0.6) is 0 Å². The van der Waals surface area contributed by atoms with Crippen molar-refractivity contribution in [2.45, 2.75) is 31.8 Å². The van der Waals surface area contributed by atoms with Crippen LogP contribution in [-0.2, 0) is 13.0 Å². The first kappa shape index (κ1) is 12.3. The fraction of sp³-hybridized carbons (Fsp3) is 0.500. The molecular weight excluding hydrogens is 238 g/mol. The highest BCUT2D eigenvalue weighted by Gasteiger charge is 2.24. The maximum Gasteiger partial charge on any atom is 0.137 e. The van der Waals surface area contributed by atoms with Crippen molar-refractivity contribution in [2.75, 3.05) is 13.1 Å². The molecule has 2 aromatic rings. The van der Waals surface area contributed by atoms with E-state index in [4.69, 9.17) is 0 Å². The smallest absolute Gasteiger partial charge is 0.137 e. The Morgan fingerprint density at radius 3 is 2.89 bits per heavy atom. The Morgan fingerprint density at radius 2 is 2.11 bits per heavy atom. The van der Waals surface area contributed by atoms with Gasteiger partial charge in [0.05, 0.1) is 6.54 Å². The lowest BCUT2D eigenvalue weighted by molar-refractivity contribution is 0.229. The molecule has 1 saturated heterocycles. The summed E-state index contributed by atoms with van der Waals surface area (Å²) in [6.07, 6.45) is 10.8. The van der Waals surface area contributed by atoms with Gasteiger partial charge in [-0.3, -0.25) is 14.6 Å². The maximum atomic E-state index is 4.20. The molecule has 3 heterocycles. The third-order valence-electron chi connectivity index (χ3n) is 3.80. The Balaban J connectivity index is 1.55. The molecule has 2 aromatic heterocycles. The average Bonchev–Trinajstić information content (AvgIpc) is 3.10. The lowest BCUT2D eigenvalue weighted by atomic mass is 10.1. The van der Waals surface area contributed by atoms with Crippen molar-refractivity contribution in [3.63, 3.8) is 0 Å². The largest absolute Gasteiger partial charge is 0.298 e. The molecule has 0 radical (unpaired) electrons. The van der Waals surface area contributed by atoms with E-state index in [-0.39, 0.29) is 0 Å². The van der Waals surface area contributed by atoms with Gasteiger partial charge in [0.15, 0.2) is 0 Å². The second kappa shape index (κ2) is 5.93. The molecular formula is C14H19N5. The van der Waals surface area contributed by atoms with Gasteiger partial charge in [-0.05, 0) is 43.5 Å². The van der Waals surface area contributed by atoms with E-state index in [1.165, 1.54) is 24.9 Å². The number of hydrogen-bond acceptors (Lipinski definition) is 4. The molecule has 5 heteroatoms. The molecule has 3 rings (SSSR count). The van der Waals surface area contributed by atoms with Crippen LogP contribution in [0.15, 0.2) is 37.2 Å². The predicted octanol–water partition coefficient (Wildman–Crippen LogP) is 1.38. The summed E-state index contributed by atoms with van der Waals surface area (Å²) in [7, 11) is 0. The van der Waals surface area contributed by atoms with Crippen LogP contribution in [0.2, 0.25) is 0 Å². The van der Waals surface area contributed by atoms with E-state index in [0.29, 0.717) is 6.04 Å². The zero-order valence-electron chi connectivity index (χ0n) is 11.0. The fourth-order valence-corrected chi connectivity index (χ4v) is 2.76. The highest BCUT2D eigenvalue weighted by atomic mass is 15.3. The van der Waals surface area contributed by atoms with Crippen LogP contribution >= 0.6 is 0 Å². The normalized spacial score (nSPS) is 19.9. The number of hydrogen-bond donors (Lipinski definition) is 0. The molecule has 5 nitrogen and oxygen atoms in total. The molecule has 1 atom stereocenters. The van der Waals surface area contributed by atoms with Gasteiger partial charge in [0.2, 0.25) is 0 Å². The van der Waals surface area contributed by atoms with Gasteiger partial charge in [0, 0.05) is 25.0 Å². The topological polar surface area (TPSA) is 46.8 Å². The number of nitrogens with zero attached hydrogens (tertiary/aromatic N) is 5. The third-order valence-corrected chi connectivity index (χ3v) is 3.80. The van der Waals surface area contributed by atoms with Crippen molar-refractivity contribution in [3.8, 4) is 0 Å². The minimum absolute atomic E-state index is 0.600. The van der Waals surface area contributed by atoms with E-state index in [1.807, 2.05) is 17.1 Å². The van der Waals surface area contributed by atoms with Crippen LogP contribution in [0.3, 0.4) is 0 Å². The minimum atomic E-state index is 0.600. The first-order valence-corrected chi connectivity index (χ1v) is 6.87. The molecule has 0 saturated carbocycles. The standard InChI is InChI=1S/C14H19N5/c1-2-14(10-19-12-16-11-17-19)18(8-1)9-5-13-3-6-15-7-4-13/h3-4,6-7,11-12,14H,1-2,5,8-10H2. The molecule has 19 heavy (non-hydrogen) atoms. The summed E-state index contributed by atoms with van der Waals surface area (Å²) < 4.78 is 1.94. The summed E-state index contributed by atoms with van der Waals surface area (Å²) in [6.45, 7) is 3.27. The van der Waals surface area contributed by atoms with Crippen LogP contribution in [0.4, 0.5) is 0 Å². The summed E-state index contributed by atoms with van der Waals surface area (Å²) in [6, 6.07) is 4.80. The molecule has 1 fully saturated rings. The Bertz CT molecular complexity index is 482. The van der Waals surface area contributed by atoms with Gasteiger partial charge < -0.3 is 0 Å². The highest BCUT2D eigenvalue weighted by Crippen LogP contribution is 2.18. The minimum Gasteiger partial charge on any atom is -0.298 e. The third kappa shape index (κ3) is 3.17. The number of pyridine rings is 1. The summed E-state index contributed by atoms with van der Waals surface area (Å²) in [4.78, 5) is 10.6. The Morgan fingerprint density at radius 1 is 1.21 bits per heavy atom. The van der Waals surface area contributed by atoms with Gasteiger partial charge in [-0.25, -0.2) is 4.98 Å². The second-order valence-corrected chi connectivity index (χ2v) is 5.06. The van der Waals surface area contributed by atoms with Crippen molar-refractivity contribution in [1.29, 1.82) is 0 Å². The predicted molar refractivity (Wildman–Crippen MR) is 72.6 cm³/mol. The van der Waals surface area contributed by atoms with Crippen molar-refractivity contribution in [2.24, 2.45) is 0 Å². The van der Waals surface area contributed by atoms with E-state index in [0.717, 1.165) is 19.5 Å². The molecule has 0 aromatic carbocycles. The van der Waals surface area contributed by atoms with E-state index < -0.39 is 0 Å². The molecule has 0 bridgehead atoms. The summed E-state index contributed by atoms with van der Waals surface area (Å²) >= 11 is 0. The van der Waals surface area contributed by atoms with E-state index in [2.05, 4.69) is 32.1 Å². The monoisotopic (exact) mass is 257 g/mol. The van der Waals surface area contributed by atoms with Crippen LogP contribution in [0.1, 0.15) is 18.4 Å². The molecule has 0 amide bonds. The summed E-state index contributed by atoms with van der Waals surface area (Å²) in [5, 5.41) is 4.20. The fourth-order valence-electron chi connectivity index (χ4n) is 2.76. The molecule has 1 aliphatic heterocycles. The van der Waals surface area contributed by atoms with E-state index >= 15 is 0 Å². The Hall–Kier alpha value is -1.75. The van der Waals surface area contributed by atoms with E-state index in [1.54, 1.807) is 12.7 Å². The van der Waals surface area contributed by atoms with Crippen molar-refractivity contribution >= 4 is 0 Å². The Labute approximate surface area is 113 Å². The van der Waals surface area contributed by atoms with Gasteiger partial charge in [0.1, 0.15) is 12.7 Å². The summed E-state index contributed by atoms with van der Waals surface area (Å²) in [5.74, 6) is 0. The zero-order valence-corrected chi connectivity index (χ0v) is 11.0. The van der Waals surface area contributed by atoms with Gasteiger partial charge in [-0.1, -0.05) is 0 Å². The lowest BCUT2D eigenvalue weighted by Gasteiger charge is -2.24. The van der Waals surface area contributed by atoms with Crippen LogP contribution in [0.25, 0.3) is 0 Å². The second-order valence-electron chi connectivity index (χ2n) is 5.06. The molecule has 0 spiro atoms. The van der Waals surface area contributed by atoms with Crippen LogP contribution in [-0.4, -0.2) is 43.8 Å². The highest BCUT2D eigenvalue weighted by molar-refractivity contribution is 5.10. The summed E-state index contributed by atoms with van der Waals surface area (Å²) in [5.41, 5.74) is 1.36. The van der Waals surface area contributed by atoms with Crippen molar-refractivity contribution in [3.05, 3.63) is 42.7 Å². The van der Waals surface area contributed by atoms with Gasteiger partial charge in [-0.15, -0.1) is 0 Å². The molecule has 1 aliphatic rings. The zero-order chi connectivity index (χ0) is 12.9. The molecule has 0 aliphatic carbocycles. The van der Waals surface area contributed by atoms with Gasteiger partial charge in [0.25, 0.3) is 0 Å². The SMILES string of the molecule is c1cc(CCN2CCCC2Cn2cncn2)ccn1. The first-order chi connectivity index (χ1) is 9.42. The average molecular weight is 257 g/mol. The van der Waals surface area contributed by atoms with Gasteiger partial charge >= 0.3 is 0 Å². The van der Waals surface area contributed by atoms with Crippen LogP contribution in [0, 0.1) is 0 Å². The molecule has 100 valence electrons. The number of rotatable bonds is 5.